The molecule has 0 heterocycles. The molecule has 0 spiro atoms. The number of hydrogen-bond acceptors (Lipinski definition) is 3. The molecule has 4 N–H and O–H groups in total. The van der Waals surface area contributed by atoms with Crippen LogP contribution in [0.15, 0.2) is 18.2 Å². The summed E-state index contributed by atoms with van der Waals surface area (Å²) >= 11 is 5.76. The number of carboxylic acids is 1. The second kappa shape index (κ2) is 4.01. The number of carboxylic acid groups (broad SMARTS) is 1. The highest BCUT2D eigenvalue weighted by atomic mass is 35.5. The predicted molar refractivity (Wildman–Crippen MR) is 63.2 cm³/mol. The normalized spacial score (nSPS) is 16.4. The zero-order valence-corrected chi connectivity index (χ0v) is 9.62. The fraction of sp³-hybridized carbons (Fsp3) is 0.273. The van der Waals surface area contributed by atoms with Crippen LogP contribution in [0.25, 0.3) is 0 Å². The van der Waals surface area contributed by atoms with E-state index in [-0.39, 0.29) is 16.5 Å². The zero-order chi connectivity index (χ0) is 12.6. The van der Waals surface area contributed by atoms with Crippen molar-refractivity contribution in [1.29, 1.82) is 0 Å². The number of carbonyl (C=O) groups excluding carboxylic acids is 1. The summed E-state index contributed by atoms with van der Waals surface area (Å²) < 4.78 is 0. The van der Waals surface area contributed by atoms with Crippen LogP contribution in [0.3, 0.4) is 0 Å². The maximum Gasteiger partial charge on any atom is 0.335 e. The third kappa shape index (κ3) is 2.57. The van der Waals surface area contributed by atoms with Crippen LogP contribution < -0.4 is 11.1 Å². The summed E-state index contributed by atoms with van der Waals surface area (Å²) in [4.78, 5) is 22.5. The van der Waals surface area contributed by atoms with E-state index in [4.69, 9.17) is 22.4 Å². The Bertz CT molecular complexity index is 497. The molecule has 0 saturated heterocycles. The van der Waals surface area contributed by atoms with Crippen LogP contribution in [0.2, 0.25) is 5.02 Å². The Morgan fingerprint density at radius 1 is 1.35 bits per heavy atom. The van der Waals surface area contributed by atoms with Gasteiger partial charge in [0.2, 0.25) is 5.91 Å². The van der Waals surface area contributed by atoms with Crippen molar-refractivity contribution < 1.29 is 14.7 Å². The summed E-state index contributed by atoms with van der Waals surface area (Å²) in [6, 6.07) is 4.14. The minimum atomic E-state index is -1.10. The molecule has 0 aromatic heterocycles. The molecule has 1 saturated carbocycles. The molecule has 1 aromatic carbocycles. The highest BCUT2D eigenvalue weighted by molar-refractivity contribution is 6.31. The van der Waals surface area contributed by atoms with Gasteiger partial charge >= 0.3 is 5.97 Å². The van der Waals surface area contributed by atoms with Crippen LogP contribution in [-0.2, 0) is 4.79 Å². The van der Waals surface area contributed by atoms with Crippen molar-refractivity contribution in [1.82, 2.24) is 0 Å². The maximum absolute atomic E-state index is 11.7. The molecule has 0 radical (unpaired) electrons. The average molecular weight is 255 g/mol. The highest BCUT2D eigenvalue weighted by Crippen LogP contribution is 2.33. The molecule has 0 bridgehead atoms. The van der Waals surface area contributed by atoms with Crippen molar-refractivity contribution in [2.45, 2.75) is 18.4 Å². The number of nitrogens with two attached hydrogens (primary N) is 1. The molecule has 1 aromatic rings. The molecule has 1 aliphatic carbocycles. The van der Waals surface area contributed by atoms with Crippen molar-refractivity contribution in [3.05, 3.63) is 28.8 Å². The number of aromatic carboxylic acids is 1. The standard InChI is InChI=1S/C11H11ClN2O3/c12-7-3-6(9(15)16)4-8(5-7)14-10(17)11(13)1-2-11/h3-5H,1-2,13H2,(H,14,17)(H,15,16). The number of anilines is 1. The first kappa shape index (κ1) is 11.9. The van der Waals surface area contributed by atoms with Gasteiger partial charge in [0.15, 0.2) is 0 Å². The second-order valence-corrected chi connectivity index (χ2v) is 4.58. The molecule has 0 aliphatic heterocycles. The lowest BCUT2D eigenvalue weighted by Gasteiger charge is -2.10. The third-order valence-electron chi connectivity index (χ3n) is 2.64. The van der Waals surface area contributed by atoms with E-state index >= 15 is 0 Å². The van der Waals surface area contributed by atoms with Crippen molar-refractivity contribution in [3.63, 3.8) is 0 Å². The van der Waals surface area contributed by atoms with Crippen molar-refractivity contribution in [2.75, 3.05) is 5.32 Å². The topological polar surface area (TPSA) is 92.4 Å². The zero-order valence-electron chi connectivity index (χ0n) is 8.87. The van der Waals surface area contributed by atoms with Gasteiger partial charge in [-0.1, -0.05) is 11.6 Å². The largest absolute Gasteiger partial charge is 0.478 e. The predicted octanol–water partition coefficient (Wildman–Crippen LogP) is 1.47. The quantitative estimate of drug-likeness (QED) is 0.762. The molecule has 1 amide bonds. The summed E-state index contributed by atoms with van der Waals surface area (Å²) in [6.07, 6.45) is 1.29. The molecule has 90 valence electrons. The molecule has 1 aliphatic rings. The number of benzene rings is 1. The van der Waals surface area contributed by atoms with Gasteiger partial charge in [0.1, 0.15) is 0 Å². The minimum Gasteiger partial charge on any atom is -0.478 e. The van der Waals surface area contributed by atoms with Gasteiger partial charge in [-0.05, 0) is 31.0 Å². The lowest BCUT2D eigenvalue weighted by atomic mass is 10.2. The van der Waals surface area contributed by atoms with Gasteiger partial charge in [0, 0.05) is 10.7 Å². The van der Waals surface area contributed by atoms with Gasteiger partial charge in [-0.3, -0.25) is 4.79 Å². The van der Waals surface area contributed by atoms with E-state index in [9.17, 15) is 9.59 Å². The van der Waals surface area contributed by atoms with E-state index in [1.165, 1.54) is 18.2 Å². The van der Waals surface area contributed by atoms with E-state index in [2.05, 4.69) is 5.32 Å². The fourth-order valence-electron chi connectivity index (χ4n) is 1.40. The van der Waals surface area contributed by atoms with Gasteiger partial charge in [0.05, 0.1) is 11.1 Å². The van der Waals surface area contributed by atoms with Crippen molar-refractivity contribution >= 4 is 29.2 Å². The van der Waals surface area contributed by atoms with Gasteiger partial charge in [-0.25, -0.2) is 4.79 Å². The molecule has 5 nitrogen and oxygen atoms in total. The summed E-state index contributed by atoms with van der Waals surface area (Å²) in [5.74, 6) is -1.41. The van der Waals surface area contributed by atoms with Crippen molar-refractivity contribution in [2.24, 2.45) is 5.73 Å². The smallest absolute Gasteiger partial charge is 0.335 e. The Labute approximate surface area is 103 Å². The SMILES string of the molecule is NC1(C(=O)Nc2cc(Cl)cc(C(=O)O)c2)CC1. The van der Waals surface area contributed by atoms with E-state index in [0.717, 1.165) is 0 Å². The Kier molecular flexibility index (Phi) is 2.81. The maximum atomic E-state index is 11.7. The Hall–Kier alpha value is -1.59. The lowest BCUT2D eigenvalue weighted by molar-refractivity contribution is -0.118. The number of hydrogen-bond donors (Lipinski definition) is 3. The molecule has 0 atom stereocenters. The molecule has 2 rings (SSSR count). The van der Waals surface area contributed by atoms with Gasteiger partial charge in [0.25, 0.3) is 0 Å². The van der Waals surface area contributed by atoms with Gasteiger partial charge in [-0.2, -0.15) is 0 Å². The van der Waals surface area contributed by atoms with Crippen molar-refractivity contribution in [3.8, 4) is 0 Å². The van der Waals surface area contributed by atoms with E-state index in [0.29, 0.717) is 18.5 Å². The monoisotopic (exact) mass is 254 g/mol. The highest BCUT2D eigenvalue weighted by Gasteiger charge is 2.45. The summed E-state index contributed by atoms with van der Waals surface area (Å²) in [5.41, 5.74) is 5.28. The third-order valence-corrected chi connectivity index (χ3v) is 2.86. The number of rotatable bonds is 3. The first-order valence-electron chi connectivity index (χ1n) is 5.05. The van der Waals surface area contributed by atoms with Crippen LogP contribution >= 0.6 is 11.6 Å². The van der Waals surface area contributed by atoms with Crippen LogP contribution in [0.4, 0.5) is 5.69 Å². The molecule has 0 unspecified atom stereocenters. The molecule has 17 heavy (non-hydrogen) atoms. The number of amides is 1. The first-order valence-corrected chi connectivity index (χ1v) is 5.43. The Morgan fingerprint density at radius 2 is 2.00 bits per heavy atom. The molecular formula is C11H11ClN2O3. The lowest BCUT2D eigenvalue weighted by Crippen LogP contribution is -2.37. The minimum absolute atomic E-state index is 0.0228. The van der Waals surface area contributed by atoms with Gasteiger partial charge < -0.3 is 16.2 Å². The van der Waals surface area contributed by atoms with Crippen LogP contribution in [0.5, 0.6) is 0 Å². The van der Waals surface area contributed by atoms with Crippen LogP contribution in [0, 0.1) is 0 Å². The second-order valence-electron chi connectivity index (χ2n) is 4.14. The molecule has 1 fully saturated rings. The Morgan fingerprint density at radius 3 is 2.53 bits per heavy atom. The number of carbonyl (C=O) groups is 2. The summed E-state index contributed by atoms with van der Waals surface area (Å²) in [6.45, 7) is 0. The fourth-order valence-corrected chi connectivity index (χ4v) is 1.64. The van der Waals surface area contributed by atoms with E-state index < -0.39 is 11.5 Å². The first-order chi connectivity index (χ1) is 7.90. The molecular weight excluding hydrogens is 244 g/mol. The number of halogens is 1. The van der Waals surface area contributed by atoms with E-state index in [1.807, 2.05) is 0 Å². The number of nitrogens with one attached hydrogen (secondary N) is 1. The van der Waals surface area contributed by atoms with Crippen LogP contribution in [-0.4, -0.2) is 22.5 Å². The summed E-state index contributed by atoms with van der Waals surface area (Å²) in [5, 5.41) is 11.7. The molecule has 6 heteroatoms. The summed E-state index contributed by atoms with van der Waals surface area (Å²) in [7, 11) is 0. The Balaban J connectivity index is 2.21. The average Bonchev–Trinajstić information content (AvgIpc) is 2.97. The van der Waals surface area contributed by atoms with Gasteiger partial charge in [-0.15, -0.1) is 0 Å². The van der Waals surface area contributed by atoms with Crippen LogP contribution in [0.1, 0.15) is 23.2 Å². The van der Waals surface area contributed by atoms with E-state index in [1.54, 1.807) is 0 Å².